The van der Waals surface area contributed by atoms with E-state index >= 15 is 0 Å². The summed E-state index contributed by atoms with van der Waals surface area (Å²) >= 11 is 3.25. The highest BCUT2D eigenvalue weighted by molar-refractivity contribution is 9.10. The van der Waals surface area contributed by atoms with Crippen LogP contribution in [0.3, 0.4) is 0 Å². The standard InChI is InChI=1S/C12H9BrN4O/c13-11-5-10(7-15-8-11)12(18)17-16-6-9-1-3-14-4-2-9/h1-8H,(H,17,18)/b16-6-. The molecule has 2 heterocycles. The number of nitrogens with one attached hydrogen (secondary N) is 1. The van der Waals surface area contributed by atoms with Gasteiger partial charge in [-0.3, -0.25) is 14.8 Å². The van der Waals surface area contributed by atoms with Gasteiger partial charge in [0.2, 0.25) is 0 Å². The number of carbonyl (C=O) groups excluding carboxylic acids is 1. The third-order valence-corrected chi connectivity index (χ3v) is 2.49. The average Bonchev–Trinajstić information content (AvgIpc) is 2.40. The van der Waals surface area contributed by atoms with Crippen molar-refractivity contribution in [1.29, 1.82) is 0 Å². The van der Waals surface area contributed by atoms with E-state index in [1.165, 1.54) is 6.20 Å². The van der Waals surface area contributed by atoms with Crippen molar-refractivity contribution in [3.8, 4) is 0 Å². The van der Waals surface area contributed by atoms with Crippen LogP contribution in [0.5, 0.6) is 0 Å². The van der Waals surface area contributed by atoms with Gasteiger partial charge in [-0.1, -0.05) is 0 Å². The first kappa shape index (κ1) is 12.4. The van der Waals surface area contributed by atoms with Gasteiger partial charge in [-0.25, -0.2) is 5.43 Å². The van der Waals surface area contributed by atoms with Crippen LogP contribution in [0.15, 0.2) is 52.6 Å². The number of amides is 1. The first-order valence-corrected chi connectivity index (χ1v) is 5.89. The van der Waals surface area contributed by atoms with E-state index in [0.717, 1.165) is 10.0 Å². The SMILES string of the molecule is O=C(N/N=C\c1ccncc1)c1cncc(Br)c1. The molecule has 18 heavy (non-hydrogen) atoms. The van der Waals surface area contributed by atoms with Gasteiger partial charge in [0, 0.05) is 29.3 Å². The van der Waals surface area contributed by atoms with E-state index in [9.17, 15) is 4.79 Å². The molecular formula is C12H9BrN4O. The molecule has 1 amide bonds. The maximum atomic E-state index is 11.7. The van der Waals surface area contributed by atoms with Gasteiger partial charge in [0.05, 0.1) is 11.8 Å². The minimum Gasteiger partial charge on any atom is -0.267 e. The first-order valence-electron chi connectivity index (χ1n) is 5.10. The van der Waals surface area contributed by atoms with E-state index in [1.54, 1.807) is 43.0 Å². The Morgan fingerprint density at radius 3 is 2.78 bits per heavy atom. The second-order valence-electron chi connectivity index (χ2n) is 3.37. The Labute approximate surface area is 112 Å². The highest BCUT2D eigenvalue weighted by Gasteiger charge is 2.04. The summed E-state index contributed by atoms with van der Waals surface area (Å²) in [4.78, 5) is 19.5. The molecule has 2 aromatic rings. The molecule has 0 atom stereocenters. The number of nitrogens with zero attached hydrogens (tertiary/aromatic N) is 3. The van der Waals surface area contributed by atoms with Crippen molar-refractivity contribution in [3.05, 3.63) is 58.6 Å². The molecule has 0 aromatic carbocycles. The van der Waals surface area contributed by atoms with E-state index in [4.69, 9.17) is 0 Å². The molecule has 0 aliphatic heterocycles. The fraction of sp³-hybridized carbons (Fsp3) is 0. The second kappa shape index (κ2) is 6.02. The topological polar surface area (TPSA) is 67.2 Å². The van der Waals surface area contributed by atoms with Crippen LogP contribution in [-0.4, -0.2) is 22.1 Å². The number of aromatic nitrogens is 2. The Kier molecular flexibility index (Phi) is 4.14. The third kappa shape index (κ3) is 3.46. The Bertz CT molecular complexity index is 571. The van der Waals surface area contributed by atoms with Crippen molar-refractivity contribution < 1.29 is 4.79 Å². The molecular weight excluding hydrogens is 296 g/mol. The van der Waals surface area contributed by atoms with Crippen LogP contribution < -0.4 is 5.43 Å². The molecule has 5 nitrogen and oxygen atoms in total. The molecule has 6 heteroatoms. The monoisotopic (exact) mass is 304 g/mol. The normalized spacial score (nSPS) is 10.5. The van der Waals surface area contributed by atoms with Crippen molar-refractivity contribution in [2.75, 3.05) is 0 Å². The van der Waals surface area contributed by atoms with E-state index in [2.05, 4.69) is 36.4 Å². The Balaban J connectivity index is 1.99. The zero-order chi connectivity index (χ0) is 12.8. The summed E-state index contributed by atoms with van der Waals surface area (Å²) in [6.07, 6.45) is 7.94. The lowest BCUT2D eigenvalue weighted by Gasteiger charge is -1.99. The number of rotatable bonds is 3. The van der Waals surface area contributed by atoms with Gasteiger partial charge in [0.25, 0.3) is 5.91 Å². The largest absolute Gasteiger partial charge is 0.272 e. The summed E-state index contributed by atoms with van der Waals surface area (Å²) in [6, 6.07) is 5.25. The number of hydrazone groups is 1. The lowest BCUT2D eigenvalue weighted by Crippen LogP contribution is -2.17. The molecule has 0 radical (unpaired) electrons. The van der Waals surface area contributed by atoms with Crippen LogP contribution in [0, 0.1) is 0 Å². The molecule has 0 saturated carbocycles. The van der Waals surface area contributed by atoms with Gasteiger partial charge in [0.15, 0.2) is 0 Å². The van der Waals surface area contributed by atoms with Crippen molar-refractivity contribution in [1.82, 2.24) is 15.4 Å². The van der Waals surface area contributed by atoms with Gasteiger partial charge in [-0.2, -0.15) is 5.10 Å². The maximum Gasteiger partial charge on any atom is 0.272 e. The first-order chi connectivity index (χ1) is 8.75. The van der Waals surface area contributed by atoms with Crippen molar-refractivity contribution in [2.24, 2.45) is 5.10 Å². The number of carbonyl (C=O) groups is 1. The van der Waals surface area contributed by atoms with E-state index in [1.807, 2.05) is 0 Å². The van der Waals surface area contributed by atoms with Gasteiger partial charge in [-0.15, -0.1) is 0 Å². The maximum absolute atomic E-state index is 11.7. The van der Waals surface area contributed by atoms with Crippen molar-refractivity contribution >= 4 is 28.1 Å². The van der Waals surface area contributed by atoms with Gasteiger partial charge < -0.3 is 0 Å². The quantitative estimate of drug-likeness (QED) is 0.696. The fourth-order valence-corrected chi connectivity index (χ4v) is 1.58. The summed E-state index contributed by atoms with van der Waals surface area (Å²) < 4.78 is 0.744. The minimum atomic E-state index is -0.311. The van der Waals surface area contributed by atoms with Crippen molar-refractivity contribution in [2.45, 2.75) is 0 Å². The van der Waals surface area contributed by atoms with Crippen LogP contribution >= 0.6 is 15.9 Å². The smallest absolute Gasteiger partial charge is 0.267 e. The summed E-state index contributed by atoms with van der Waals surface area (Å²) in [5.41, 5.74) is 3.72. The lowest BCUT2D eigenvalue weighted by molar-refractivity contribution is 0.0954. The molecule has 0 bridgehead atoms. The molecule has 0 aliphatic carbocycles. The molecule has 0 aliphatic rings. The predicted molar refractivity (Wildman–Crippen MR) is 71.2 cm³/mol. The van der Waals surface area contributed by atoms with Crippen LogP contribution in [0.1, 0.15) is 15.9 Å². The zero-order valence-electron chi connectivity index (χ0n) is 9.25. The second-order valence-corrected chi connectivity index (χ2v) is 4.29. The van der Waals surface area contributed by atoms with Crippen LogP contribution in [0.4, 0.5) is 0 Å². The van der Waals surface area contributed by atoms with Gasteiger partial charge in [-0.05, 0) is 39.7 Å². The number of hydrogen-bond donors (Lipinski definition) is 1. The Morgan fingerprint density at radius 1 is 1.28 bits per heavy atom. The van der Waals surface area contributed by atoms with Crippen molar-refractivity contribution in [3.63, 3.8) is 0 Å². The molecule has 0 fully saturated rings. The molecule has 2 aromatic heterocycles. The highest BCUT2D eigenvalue weighted by Crippen LogP contribution is 2.09. The average molecular weight is 305 g/mol. The van der Waals surface area contributed by atoms with Crippen LogP contribution in [0.2, 0.25) is 0 Å². The van der Waals surface area contributed by atoms with E-state index in [0.29, 0.717) is 5.56 Å². The summed E-state index contributed by atoms with van der Waals surface area (Å²) in [5, 5.41) is 3.85. The third-order valence-electron chi connectivity index (χ3n) is 2.05. The van der Waals surface area contributed by atoms with Gasteiger partial charge >= 0.3 is 0 Å². The zero-order valence-corrected chi connectivity index (χ0v) is 10.8. The number of pyridine rings is 2. The predicted octanol–water partition coefficient (Wildman–Crippen LogP) is 2.00. The molecule has 0 unspecified atom stereocenters. The Hall–Kier alpha value is -2.08. The fourth-order valence-electron chi connectivity index (χ4n) is 1.22. The Morgan fingerprint density at radius 2 is 2.06 bits per heavy atom. The van der Waals surface area contributed by atoms with Gasteiger partial charge in [0.1, 0.15) is 0 Å². The number of hydrogen-bond acceptors (Lipinski definition) is 4. The number of halogens is 1. The molecule has 0 spiro atoms. The van der Waals surface area contributed by atoms with E-state index in [-0.39, 0.29) is 5.91 Å². The lowest BCUT2D eigenvalue weighted by atomic mass is 10.3. The molecule has 0 saturated heterocycles. The summed E-state index contributed by atoms with van der Waals surface area (Å²) in [5.74, 6) is -0.311. The van der Waals surface area contributed by atoms with E-state index < -0.39 is 0 Å². The highest BCUT2D eigenvalue weighted by atomic mass is 79.9. The van der Waals surface area contributed by atoms with Crippen LogP contribution in [0.25, 0.3) is 0 Å². The minimum absolute atomic E-state index is 0.311. The molecule has 2 rings (SSSR count). The summed E-state index contributed by atoms with van der Waals surface area (Å²) in [6.45, 7) is 0. The molecule has 90 valence electrons. The summed E-state index contributed by atoms with van der Waals surface area (Å²) in [7, 11) is 0. The molecule has 1 N–H and O–H groups in total. The van der Waals surface area contributed by atoms with Crippen LogP contribution in [-0.2, 0) is 0 Å².